The van der Waals surface area contributed by atoms with Crippen LogP contribution in [0.5, 0.6) is 0 Å². The number of hydrogen-bond donors (Lipinski definition) is 1. The largest absolute Gasteiger partial charge is 0.366 e. The molecule has 0 bridgehead atoms. The van der Waals surface area contributed by atoms with Crippen LogP contribution >= 0.6 is 0 Å². The Morgan fingerprint density at radius 2 is 2.00 bits per heavy atom. The van der Waals surface area contributed by atoms with Crippen LogP contribution in [0.15, 0.2) is 36.8 Å². The van der Waals surface area contributed by atoms with Gasteiger partial charge < -0.3 is 5.32 Å². The molecule has 0 radical (unpaired) electrons. The summed E-state index contributed by atoms with van der Waals surface area (Å²) in [5.74, 6) is 0.823. The fourth-order valence-electron chi connectivity index (χ4n) is 2.57. The van der Waals surface area contributed by atoms with Crippen molar-refractivity contribution in [1.29, 1.82) is 0 Å². The van der Waals surface area contributed by atoms with Crippen LogP contribution < -0.4 is 5.32 Å². The minimum absolute atomic E-state index is 0.106. The highest BCUT2D eigenvalue weighted by molar-refractivity contribution is 5.84. The standard InChI is InChI=1S/C18H21N5O/c1-18(2,3)9-15-8-16(20-10-13-4-6-19-7-5-13)23-17(22-15)14(12-24)11-21-23/h4-8,11-12,20H,9-10H2,1-3H3. The van der Waals surface area contributed by atoms with Crippen LogP contribution in [0.25, 0.3) is 5.65 Å². The lowest BCUT2D eigenvalue weighted by atomic mass is 9.90. The van der Waals surface area contributed by atoms with Crippen molar-refractivity contribution in [3.63, 3.8) is 0 Å². The molecule has 1 N–H and O–H groups in total. The molecule has 0 fully saturated rings. The summed E-state index contributed by atoms with van der Waals surface area (Å²) in [6.45, 7) is 7.15. The SMILES string of the molecule is CC(C)(C)Cc1cc(NCc2ccncc2)n2ncc(C=O)c2n1. The minimum atomic E-state index is 0.106. The summed E-state index contributed by atoms with van der Waals surface area (Å²) in [4.78, 5) is 19.9. The number of hydrogen-bond acceptors (Lipinski definition) is 5. The highest BCUT2D eigenvalue weighted by atomic mass is 16.1. The number of pyridine rings is 1. The molecule has 0 spiro atoms. The number of carbonyl (C=O) groups is 1. The lowest BCUT2D eigenvalue weighted by Gasteiger charge is -2.18. The summed E-state index contributed by atoms with van der Waals surface area (Å²) in [6.07, 6.45) is 6.69. The first-order valence-corrected chi connectivity index (χ1v) is 7.92. The second-order valence-electron chi connectivity index (χ2n) is 7.03. The third kappa shape index (κ3) is 3.59. The molecule has 0 aliphatic carbocycles. The van der Waals surface area contributed by atoms with E-state index >= 15 is 0 Å². The number of aromatic nitrogens is 4. The smallest absolute Gasteiger partial charge is 0.168 e. The number of carbonyl (C=O) groups excluding carboxylic acids is 1. The molecule has 24 heavy (non-hydrogen) atoms. The van der Waals surface area contributed by atoms with E-state index in [4.69, 9.17) is 0 Å². The van der Waals surface area contributed by atoms with Crippen LogP contribution in [-0.4, -0.2) is 25.9 Å². The summed E-state index contributed by atoms with van der Waals surface area (Å²) in [5, 5.41) is 7.67. The molecule has 0 saturated carbocycles. The average molecular weight is 323 g/mol. The van der Waals surface area contributed by atoms with Crippen molar-refractivity contribution in [3.8, 4) is 0 Å². The minimum Gasteiger partial charge on any atom is -0.366 e. The summed E-state index contributed by atoms with van der Waals surface area (Å²) in [7, 11) is 0. The van der Waals surface area contributed by atoms with Gasteiger partial charge in [-0.3, -0.25) is 9.78 Å². The normalized spacial score (nSPS) is 11.6. The number of anilines is 1. The molecule has 6 heteroatoms. The zero-order valence-electron chi connectivity index (χ0n) is 14.2. The molecule has 0 saturated heterocycles. The molecule has 0 aliphatic rings. The molecule has 0 unspecified atom stereocenters. The molecular weight excluding hydrogens is 302 g/mol. The lowest BCUT2D eigenvalue weighted by molar-refractivity contribution is 0.112. The highest BCUT2D eigenvalue weighted by Crippen LogP contribution is 2.23. The van der Waals surface area contributed by atoms with E-state index in [-0.39, 0.29) is 5.41 Å². The van der Waals surface area contributed by atoms with Crippen molar-refractivity contribution in [2.24, 2.45) is 5.41 Å². The zero-order valence-corrected chi connectivity index (χ0v) is 14.2. The van der Waals surface area contributed by atoms with Crippen LogP contribution in [0.2, 0.25) is 0 Å². The second-order valence-corrected chi connectivity index (χ2v) is 7.03. The van der Waals surface area contributed by atoms with Gasteiger partial charge in [-0.1, -0.05) is 20.8 Å². The molecule has 3 heterocycles. The van der Waals surface area contributed by atoms with Gasteiger partial charge >= 0.3 is 0 Å². The third-order valence-corrected chi connectivity index (χ3v) is 3.61. The zero-order chi connectivity index (χ0) is 17.2. The summed E-state index contributed by atoms with van der Waals surface area (Å²) in [5.41, 5.74) is 3.25. The van der Waals surface area contributed by atoms with Crippen LogP contribution in [-0.2, 0) is 13.0 Å². The van der Waals surface area contributed by atoms with Crippen molar-refractivity contribution < 1.29 is 4.79 Å². The van der Waals surface area contributed by atoms with Gasteiger partial charge in [0, 0.05) is 30.7 Å². The van der Waals surface area contributed by atoms with E-state index in [9.17, 15) is 4.79 Å². The number of fused-ring (bicyclic) bond motifs is 1. The van der Waals surface area contributed by atoms with Crippen LogP contribution in [0.4, 0.5) is 5.82 Å². The van der Waals surface area contributed by atoms with Gasteiger partial charge in [0.15, 0.2) is 11.9 Å². The van der Waals surface area contributed by atoms with Gasteiger partial charge in [0.25, 0.3) is 0 Å². The van der Waals surface area contributed by atoms with Crippen molar-refractivity contribution in [2.75, 3.05) is 5.32 Å². The first kappa shape index (κ1) is 16.1. The molecule has 3 aromatic heterocycles. The van der Waals surface area contributed by atoms with Crippen molar-refractivity contribution in [3.05, 3.63) is 53.6 Å². The Bertz CT molecular complexity index is 849. The first-order valence-electron chi connectivity index (χ1n) is 7.92. The van der Waals surface area contributed by atoms with E-state index in [2.05, 4.69) is 41.2 Å². The molecule has 3 rings (SSSR count). The van der Waals surface area contributed by atoms with Crippen molar-refractivity contribution >= 4 is 17.8 Å². The Kier molecular flexibility index (Phi) is 4.29. The van der Waals surface area contributed by atoms with Crippen LogP contribution in [0, 0.1) is 5.41 Å². The van der Waals surface area contributed by atoms with Gasteiger partial charge in [-0.05, 0) is 29.5 Å². The maximum atomic E-state index is 11.2. The quantitative estimate of drug-likeness (QED) is 0.730. The van der Waals surface area contributed by atoms with E-state index < -0.39 is 0 Å². The van der Waals surface area contributed by atoms with E-state index in [0.29, 0.717) is 17.8 Å². The fourth-order valence-corrected chi connectivity index (χ4v) is 2.57. The number of nitrogens with one attached hydrogen (secondary N) is 1. The van der Waals surface area contributed by atoms with E-state index in [1.807, 2.05) is 18.2 Å². The topological polar surface area (TPSA) is 72.2 Å². The summed E-state index contributed by atoms with van der Waals surface area (Å²) in [6, 6.07) is 5.92. The van der Waals surface area contributed by atoms with Gasteiger partial charge in [-0.2, -0.15) is 9.61 Å². The fraction of sp³-hybridized carbons (Fsp3) is 0.333. The van der Waals surface area contributed by atoms with Crippen LogP contribution in [0.3, 0.4) is 0 Å². The molecular formula is C18H21N5O. The van der Waals surface area contributed by atoms with Gasteiger partial charge in [0.05, 0.1) is 11.8 Å². The highest BCUT2D eigenvalue weighted by Gasteiger charge is 2.16. The number of aldehydes is 1. The third-order valence-electron chi connectivity index (χ3n) is 3.61. The molecule has 0 aromatic carbocycles. The summed E-state index contributed by atoms with van der Waals surface area (Å²) >= 11 is 0. The Labute approximate surface area is 141 Å². The van der Waals surface area contributed by atoms with Gasteiger partial charge in [-0.15, -0.1) is 0 Å². The van der Waals surface area contributed by atoms with Gasteiger partial charge in [0.1, 0.15) is 5.82 Å². The predicted octanol–water partition coefficient (Wildman–Crippen LogP) is 3.14. The Morgan fingerprint density at radius 1 is 1.25 bits per heavy atom. The van der Waals surface area contributed by atoms with Gasteiger partial charge in [-0.25, -0.2) is 4.98 Å². The molecule has 124 valence electrons. The molecule has 0 aliphatic heterocycles. The Hall–Kier alpha value is -2.76. The van der Waals surface area contributed by atoms with Crippen molar-refractivity contribution in [1.82, 2.24) is 19.6 Å². The van der Waals surface area contributed by atoms with Gasteiger partial charge in [0.2, 0.25) is 0 Å². The molecule has 6 nitrogen and oxygen atoms in total. The molecule has 3 aromatic rings. The Balaban J connectivity index is 1.98. The maximum Gasteiger partial charge on any atom is 0.168 e. The van der Waals surface area contributed by atoms with Crippen LogP contribution in [0.1, 0.15) is 42.4 Å². The monoisotopic (exact) mass is 323 g/mol. The number of nitrogens with zero attached hydrogens (tertiary/aromatic N) is 4. The van der Waals surface area contributed by atoms with Crippen molar-refractivity contribution in [2.45, 2.75) is 33.7 Å². The second kappa shape index (κ2) is 6.39. The predicted molar refractivity (Wildman–Crippen MR) is 93.1 cm³/mol. The maximum absolute atomic E-state index is 11.2. The number of rotatable bonds is 5. The first-order chi connectivity index (χ1) is 11.5. The average Bonchev–Trinajstić information content (AvgIpc) is 2.95. The Morgan fingerprint density at radius 3 is 2.67 bits per heavy atom. The van der Waals surface area contributed by atoms with E-state index in [1.165, 1.54) is 0 Å². The molecule has 0 atom stereocenters. The lowest BCUT2D eigenvalue weighted by Crippen LogP contribution is -2.13. The summed E-state index contributed by atoms with van der Waals surface area (Å²) < 4.78 is 1.68. The van der Waals surface area contributed by atoms with E-state index in [0.717, 1.165) is 29.8 Å². The van der Waals surface area contributed by atoms with E-state index in [1.54, 1.807) is 23.1 Å². The molecule has 0 amide bonds.